The highest BCUT2D eigenvalue weighted by atomic mass is 16.3. The fourth-order valence-electron chi connectivity index (χ4n) is 3.26. The van der Waals surface area contributed by atoms with Gasteiger partial charge in [0.2, 0.25) is 0 Å². The lowest BCUT2D eigenvalue weighted by Gasteiger charge is -2.34. The summed E-state index contributed by atoms with van der Waals surface area (Å²) in [4.78, 5) is 0. The van der Waals surface area contributed by atoms with Gasteiger partial charge in [0.25, 0.3) is 0 Å². The van der Waals surface area contributed by atoms with Crippen LogP contribution in [0.25, 0.3) is 0 Å². The number of hydrogen-bond acceptors (Lipinski definition) is 6. The highest BCUT2D eigenvalue weighted by Gasteiger charge is 2.30. The first kappa shape index (κ1) is 17.6. The van der Waals surface area contributed by atoms with Crippen molar-refractivity contribution in [3.63, 3.8) is 0 Å². The summed E-state index contributed by atoms with van der Waals surface area (Å²) < 4.78 is 3.56. The zero-order chi connectivity index (χ0) is 17.1. The molecule has 0 aliphatic heterocycles. The summed E-state index contributed by atoms with van der Waals surface area (Å²) in [5.41, 5.74) is 1.17. The van der Waals surface area contributed by atoms with Crippen LogP contribution in [0.5, 0.6) is 0 Å². The summed E-state index contributed by atoms with van der Waals surface area (Å²) in [5.74, 6) is 0. The van der Waals surface area contributed by atoms with Crippen molar-refractivity contribution < 1.29 is 10.2 Å². The van der Waals surface area contributed by atoms with Crippen LogP contribution in [0.3, 0.4) is 0 Å². The average Bonchev–Trinajstić information content (AvgIpc) is 3.05. The molecule has 0 radical (unpaired) electrons. The summed E-state index contributed by atoms with van der Waals surface area (Å²) in [7, 11) is 0. The molecule has 2 aromatic rings. The van der Waals surface area contributed by atoms with E-state index in [0.717, 1.165) is 19.5 Å². The molecule has 2 N–H and O–H groups in total. The van der Waals surface area contributed by atoms with Crippen molar-refractivity contribution in [1.82, 2.24) is 30.0 Å². The first-order valence-electron chi connectivity index (χ1n) is 7.73. The molecule has 0 aliphatic rings. The molecule has 0 spiro atoms. The van der Waals surface area contributed by atoms with Crippen molar-refractivity contribution in [2.24, 2.45) is 10.8 Å². The molecular weight excluding hydrogens is 296 g/mol. The lowest BCUT2D eigenvalue weighted by atomic mass is 9.75. The molecule has 8 heteroatoms. The summed E-state index contributed by atoms with van der Waals surface area (Å²) >= 11 is 0. The summed E-state index contributed by atoms with van der Waals surface area (Å²) in [5, 5.41) is 34.1. The third kappa shape index (κ3) is 5.11. The second-order valence-electron chi connectivity index (χ2n) is 7.64. The van der Waals surface area contributed by atoms with Gasteiger partial charge in [0.05, 0.1) is 25.6 Å². The minimum absolute atomic E-state index is 0.00428. The first-order valence-corrected chi connectivity index (χ1v) is 7.73. The van der Waals surface area contributed by atoms with Gasteiger partial charge in [0.1, 0.15) is 11.4 Å². The van der Waals surface area contributed by atoms with Crippen molar-refractivity contribution >= 4 is 0 Å². The smallest absolute Gasteiger partial charge is 0.108 e. The fourth-order valence-corrected chi connectivity index (χ4v) is 3.26. The zero-order valence-corrected chi connectivity index (χ0v) is 14.3. The lowest BCUT2D eigenvalue weighted by Crippen LogP contribution is -2.30. The Hall–Kier alpha value is -1.80. The van der Waals surface area contributed by atoms with Crippen molar-refractivity contribution in [1.29, 1.82) is 0 Å². The van der Waals surface area contributed by atoms with Crippen LogP contribution < -0.4 is 0 Å². The molecule has 23 heavy (non-hydrogen) atoms. The quantitative estimate of drug-likeness (QED) is 0.751. The number of aromatic nitrogens is 6. The molecular formula is C15H26N6O2. The zero-order valence-electron chi connectivity index (χ0n) is 14.3. The van der Waals surface area contributed by atoms with E-state index in [1.165, 1.54) is 0 Å². The molecule has 0 saturated carbocycles. The van der Waals surface area contributed by atoms with Crippen LogP contribution in [0, 0.1) is 10.8 Å². The van der Waals surface area contributed by atoms with Crippen LogP contribution in [0.4, 0.5) is 0 Å². The van der Waals surface area contributed by atoms with Gasteiger partial charge < -0.3 is 10.2 Å². The van der Waals surface area contributed by atoms with Gasteiger partial charge in [0.15, 0.2) is 0 Å². The van der Waals surface area contributed by atoms with Crippen molar-refractivity contribution in [3.8, 4) is 0 Å². The molecule has 0 bridgehead atoms. The van der Waals surface area contributed by atoms with Crippen LogP contribution >= 0.6 is 0 Å². The van der Waals surface area contributed by atoms with Gasteiger partial charge in [0, 0.05) is 13.1 Å². The minimum atomic E-state index is -0.0919. The number of rotatable bonds is 8. The van der Waals surface area contributed by atoms with Crippen LogP contribution in [0.15, 0.2) is 12.4 Å². The SMILES string of the molecule is CC(C)(Cn1cc(CO)nn1)CC(C)(C)Cn1cc(CO)nn1. The van der Waals surface area contributed by atoms with Crippen LogP contribution in [-0.2, 0) is 26.3 Å². The number of nitrogens with zero attached hydrogens (tertiary/aromatic N) is 6. The number of hydrogen-bond donors (Lipinski definition) is 2. The molecule has 0 atom stereocenters. The number of aliphatic hydroxyl groups excluding tert-OH is 2. The normalized spacial score (nSPS) is 12.8. The first-order chi connectivity index (χ1) is 10.7. The maximum Gasteiger partial charge on any atom is 0.108 e. The van der Waals surface area contributed by atoms with Crippen LogP contribution in [-0.4, -0.2) is 40.2 Å². The Morgan fingerprint density at radius 2 is 1.22 bits per heavy atom. The Labute approximate surface area is 136 Å². The van der Waals surface area contributed by atoms with Crippen LogP contribution in [0.1, 0.15) is 45.5 Å². The van der Waals surface area contributed by atoms with Gasteiger partial charge in [-0.1, -0.05) is 38.1 Å². The van der Waals surface area contributed by atoms with Gasteiger partial charge in [-0.05, 0) is 17.3 Å². The van der Waals surface area contributed by atoms with Crippen molar-refractivity contribution in [3.05, 3.63) is 23.8 Å². The number of aliphatic hydroxyl groups is 2. The van der Waals surface area contributed by atoms with E-state index >= 15 is 0 Å². The summed E-state index contributed by atoms with van der Waals surface area (Å²) in [6.07, 6.45) is 4.50. The van der Waals surface area contributed by atoms with Gasteiger partial charge >= 0.3 is 0 Å². The van der Waals surface area contributed by atoms with Crippen molar-refractivity contribution in [2.75, 3.05) is 0 Å². The predicted molar refractivity (Wildman–Crippen MR) is 84.1 cm³/mol. The van der Waals surface area contributed by atoms with E-state index in [1.807, 2.05) is 0 Å². The van der Waals surface area contributed by atoms with Gasteiger partial charge in [-0.25, -0.2) is 0 Å². The fraction of sp³-hybridized carbons (Fsp3) is 0.733. The third-order valence-corrected chi connectivity index (χ3v) is 3.63. The van der Waals surface area contributed by atoms with E-state index in [9.17, 15) is 0 Å². The second-order valence-corrected chi connectivity index (χ2v) is 7.64. The molecule has 0 unspecified atom stereocenters. The molecule has 2 heterocycles. The predicted octanol–water partition coefficient (Wildman–Crippen LogP) is 0.997. The van der Waals surface area contributed by atoms with Crippen LogP contribution in [0.2, 0.25) is 0 Å². The maximum absolute atomic E-state index is 9.07. The van der Waals surface area contributed by atoms with Gasteiger partial charge in [-0.3, -0.25) is 9.36 Å². The largest absolute Gasteiger partial charge is 0.390 e. The van der Waals surface area contributed by atoms with E-state index in [1.54, 1.807) is 21.8 Å². The average molecular weight is 322 g/mol. The van der Waals surface area contributed by atoms with E-state index in [-0.39, 0.29) is 24.0 Å². The molecule has 8 nitrogen and oxygen atoms in total. The highest BCUT2D eigenvalue weighted by molar-refractivity contribution is 4.92. The molecule has 2 aromatic heterocycles. The summed E-state index contributed by atoms with van der Waals surface area (Å²) in [6.45, 7) is 10.0. The summed E-state index contributed by atoms with van der Waals surface area (Å²) in [6, 6.07) is 0. The second kappa shape index (κ2) is 6.76. The van der Waals surface area contributed by atoms with Gasteiger partial charge in [-0.2, -0.15) is 0 Å². The molecule has 0 saturated heterocycles. The Balaban J connectivity index is 1.98. The Morgan fingerprint density at radius 1 is 0.826 bits per heavy atom. The molecule has 2 rings (SSSR count). The lowest BCUT2D eigenvalue weighted by molar-refractivity contribution is 0.142. The molecule has 128 valence electrons. The standard InChI is InChI=1S/C15H26N6O2/c1-14(2,10-20-5-12(7-22)16-18-20)9-15(3,4)11-21-6-13(8-23)17-19-21/h5-6,22-23H,7-11H2,1-4H3. The topological polar surface area (TPSA) is 102 Å². The monoisotopic (exact) mass is 322 g/mol. The molecule has 0 aromatic carbocycles. The Kier molecular flexibility index (Phi) is 5.16. The molecule has 0 amide bonds. The van der Waals surface area contributed by atoms with E-state index < -0.39 is 0 Å². The third-order valence-electron chi connectivity index (χ3n) is 3.63. The van der Waals surface area contributed by atoms with Crippen molar-refractivity contribution in [2.45, 2.75) is 60.4 Å². The highest BCUT2D eigenvalue weighted by Crippen LogP contribution is 2.35. The maximum atomic E-state index is 9.07. The van der Waals surface area contributed by atoms with E-state index in [2.05, 4.69) is 48.3 Å². The minimum Gasteiger partial charge on any atom is -0.390 e. The van der Waals surface area contributed by atoms with E-state index in [4.69, 9.17) is 10.2 Å². The molecule has 0 fully saturated rings. The Bertz CT molecular complexity index is 577. The van der Waals surface area contributed by atoms with E-state index in [0.29, 0.717) is 11.4 Å². The Morgan fingerprint density at radius 3 is 1.52 bits per heavy atom. The van der Waals surface area contributed by atoms with Gasteiger partial charge in [-0.15, -0.1) is 10.2 Å². The molecule has 0 aliphatic carbocycles.